The van der Waals surface area contributed by atoms with Gasteiger partial charge >= 0.3 is 12.0 Å². The van der Waals surface area contributed by atoms with Gasteiger partial charge < -0.3 is 14.5 Å². The lowest BCUT2D eigenvalue weighted by Gasteiger charge is -2.17. The summed E-state index contributed by atoms with van der Waals surface area (Å²) in [5, 5.41) is 3.34. The third kappa shape index (κ3) is 2.65. The third-order valence-electron chi connectivity index (χ3n) is 3.78. The van der Waals surface area contributed by atoms with Gasteiger partial charge in [0.15, 0.2) is 6.10 Å². The summed E-state index contributed by atoms with van der Waals surface area (Å²) in [6.07, 6.45) is -1.07. The first-order valence-corrected chi connectivity index (χ1v) is 7.27. The number of benzene rings is 1. The minimum absolute atomic E-state index is 0.0664. The largest absolute Gasteiger partial charge is 0.449 e. The number of imide groups is 1. The van der Waals surface area contributed by atoms with E-state index in [4.69, 9.17) is 9.15 Å². The SMILES string of the molecule is Cc1c(C(=O)O[C@H](C)C(=O)N2CCNC2=O)oc2ccccc12. The number of nitrogens with one attached hydrogen (secondary N) is 1. The van der Waals surface area contributed by atoms with Gasteiger partial charge in [0, 0.05) is 24.0 Å². The molecule has 3 rings (SSSR count). The van der Waals surface area contributed by atoms with E-state index >= 15 is 0 Å². The highest BCUT2D eigenvalue weighted by Crippen LogP contribution is 2.25. The first-order valence-electron chi connectivity index (χ1n) is 7.27. The van der Waals surface area contributed by atoms with Crippen LogP contribution in [-0.4, -0.2) is 42.0 Å². The number of aryl methyl sites for hydroxylation is 1. The van der Waals surface area contributed by atoms with Gasteiger partial charge in [0.25, 0.3) is 5.91 Å². The summed E-state index contributed by atoms with van der Waals surface area (Å²) in [6.45, 7) is 3.85. The summed E-state index contributed by atoms with van der Waals surface area (Å²) in [4.78, 5) is 36.9. The van der Waals surface area contributed by atoms with E-state index in [-0.39, 0.29) is 12.3 Å². The van der Waals surface area contributed by atoms with Crippen LogP contribution in [0.5, 0.6) is 0 Å². The maximum Gasteiger partial charge on any atom is 0.375 e. The molecule has 3 amide bonds. The fraction of sp³-hybridized carbons (Fsp3) is 0.312. The number of fused-ring (bicyclic) bond motifs is 1. The molecule has 1 aromatic carbocycles. The number of ether oxygens (including phenoxy) is 1. The van der Waals surface area contributed by atoms with Crippen molar-refractivity contribution in [2.24, 2.45) is 0 Å². The number of esters is 1. The second-order valence-corrected chi connectivity index (χ2v) is 5.32. The molecule has 0 unspecified atom stereocenters. The molecular weight excluding hydrogens is 300 g/mol. The Morgan fingerprint density at radius 3 is 2.74 bits per heavy atom. The average molecular weight is 316 g/mol. The number of furan rings is 1. The van der Waals surface area contributed by atoms with Gasteiger partial charge in [-0.15, -0.1) is 0 Å². The Hall–Kier alpha value is -2.83. The Labute approximate surface area is 132 Å². The molecule has 1 aliphatic rings. The number of hydrogen-bond donors (Lipinski definition) is 1. The van der Waals surface area contributed by atoms with Crippen LogP contribution in [0.3, 0.4) is 0 Å². The van der Waals surface area contributed by atoms with Gasteiger partial charge in [-0.3, -0.25) is 9.69 Å². The number of carbonyl (C=O) groups excluding carboxylic acids is 3. The number of para-hydroxylation sites is 1. The third-order valence-corrected chi connectivity index (χ3v) is 3.78. The van der Waals surface area contributed by atoms with E-state index in [1.165, 1.54) is 6.92 Å². The van der Waals surface area contributed by atoms with Crippen molar-refractivity contribution in [1.82, 2.24) is 10.2 Å². The molecule has 1 fully saturated rings. The van der Waals surface area contributed by atoms with E-state index in [1.54, 1.807) is 19.1 Å². The van der Waals surface area contributed by atoms with E-state index < -0.39 is 24.0 Å². The fourth-order valence-electron chi connectivity index (χ4n) is 2.53. The molecule has 2 aromatic rings. The predicted molar refractivity (Wildman–Crippen MR) is 80.9 cm³/mol. The van der Waals surface area contributed by atoms with Gasteiger partial charge in [0.1, 0.15) is 5.58 Å². The summed E-state index contributed by atoms with van der Waals surface area (Å²) in [5.41, 5.74) is 1.24. The minimum atomic E-state index is -1.07. The fourth-order valence-corrected chi connectivity index (χ4v) is 2.53. The second kappa shape index (κ2) is 5.75. The summed E-state index contributed by atoms with van der Waals surface area (Å²) in [7, 11) is 0. The van der Waals surface area contributed by atoms with Crippen LogP contribution in [0.15, 0.2) is 28.7 Å². The molecule has 23 heavy (non-hydrogen) atoms. The molecular formula is C16H16N2O5. The summed E-state index contributed by atoms with van der Waals surface area (Å²) in [6, 6.07) is 6.77. The van der Waals surface area contributed by atoms with E-state index in [2.05, 4.69) is 5.32 Å². The standard InChI is InChI=1S/C16H16N2O5/c1-9-11-5-3-4-6-12(11)23-13(9)15(20)22-10(2)14(19)18-8-7-17-16(18)21/h3-6,10H,7-8H2,1-2H3,(H,17,21)/t10-/m1/s1. The van der Waals surface area contributed by atoms with Crippen LogP contribution in [0, 0.1) is 6.92 Å². The van der Waals surface area contributed by atoms with Gasteiger partial charge in [0.05, 0.1) is 0 Å². The number of hydrogen-bond acceptors (Lipinski definition) is 5. The first-order chi connectivity index (χ1) is 11.0. The van der Waals surface area contributed by atoms with E-state index in [0.29, 0.717) is 17.7 Å². The van der Waals surface area contributed by atoms with Crippen LogP contribution in [0.25, 0.3) is 11.0 Å². The molecule has 1 N–H and O–H groups in total. The molecule has 120 valence electrons. The Balaban J connectivity index is 1.76. The average Bonchev–Trinajstić information content (AvgIpc) is 3.11. The molecule has 7 nitrogen and oxygen atoms in total. The first kappa shape index (κ1) is 15.1. The van der Waals surface area contributed by atoms with Crippen molar-refractivity contribution < 1.29 is 23.5 Å². The molecule has 0 radical (unpaired) electrons. The summed E-state index contributed by atoms with van der Waals surface area (Å²) >= 11 is 0. The molecule has 1 aromatic heterocycles. The van der Waals surface area contributed by atoms with Crippen LogP contribution in [0.4, 0.5) is 4.79 Å². The van der Waals surface area contributed by atoms with Crippen molar-refractivity contribution in [2.45, 2.75) is 20.0 Å². The van der Waals surface area contributed by atoms with Crippen molar-refractivity contribution in [3.05, 3.63) is 35.6 Å². The van der Waals surface area contributed by atoms with E-state index in [0.717, 1.165) is 10.3 Å². The zero-order chi connectivity index (χ0) is 16.6. The lowest BCUT2D eigenvalue weighted by molar-refractivity contribution is -0.136. The predicted octanol–water partition coefficient (Wildman–Crippen LogP) is 1.84. The van der Waals surface area contributed by atoms with Crippen molar-refractivity contribution in [3.63, 3.8) is 0 Å². The molecule has 0 saturated carbocycles. The number of nitrogens with zero attached hydrogens (tertiary/aromatic N) is 1. The van der Waals surface area contributed by atoms with Crippen LogP contribution in [-0.2, 0) is 9.53 Å². The van der Waals surface area contributed by atoms with Crippen molar-refractivity contribution in [1.29, 1.82) is 0 Å². The topological polar surface area (TPSA) is 88.9 Å². The molecule has 7 heteroatoms. The Kier molecular flexibility index (Phi) is 3.77. The molecule has 0 spiro atoms. The minimum Gasteiger partial charge on any atom is -0.449 e. The molecule has 1 atom stereocenters. The van der Waals surface area contributed by atoms with Crippen LogP contribution in [0.2, 0.25) is 0 Å². The summed E-state index contributed by atoms with van der Waals surface area (Å²) < 4.78 is 10.7. The number of carbonyl (C=O) groups is 3. The second-order valence-electron chi connectivity index (χ2n) is 5.32. The highest BCUT2D eigenvalue weighted by Gasteiger charge is 2.32. The summed E-state index contributed by atoms with van der Waals surface area (Å²) in [5.74, 6) is -1.21. The van der Waals surface area contributed by atoms with Crippen molar-refractivity contribution >= 4 is 28.9 Å². The van der Waals surface area contributed by atoms with Crippen molar-refractivity contribution in [2.75, 3.05) is 13.1 Å². The molecule has 1 aliphatic heterocycles. The maximum absolute atomic E-state index is 12.3. The van der Waals surface area contributed by atoms with Crippen molar-refractivity contribution in [3.8, 4) is 0 Å². The number of amides is 3. The van der Waals surface area contributed by atoms with Gasteiger partial charge in [-0.2, -0.15) is 0 Å². The molecule has 0 bridgehead atoms. The van der Waals surface area contributed by atoms with E-state index in [1.807, 2.05) is 12.1 Å². The van der Waals surface area contributed by atoms with Crippen LogP contribution < -0.4 is 5.32 Å². The normalized spacial score (nSPS) is 15.6. The quantitative estimate of drug-likeness (QED) is 0.873. The maximum atomic E-state index is 12.3. The van der Waals surface area contributed by atoms with Gasteiger partial charge in [-0.05, 0) is 19.9 Å². The smallest absolute Gasteiger partial charge is 0.375 e. The zero-order valence-corrected chi connectivity index (χ0v) is 12.8. The zero-order valence-electron chi connectivity index (χ0n) is 12.8. The monoisotopic (exact) mass is 316 g/mol. The Morgan fingerprint density at radius 1 is 1.35 bits per heavy atom. The van der Waals surface area contributed by atoms with Crippen LogP contribution >= 0.6 is 0 Å². The van der Waals surface area contributed by atoms with Gasteiger partial charge in [-0.25, -0.2) is 9.59 Å². The molecule has 0 aliphatic carbocycles. The number of urea groups is 1. The van der Waals surface area contributed by atoms with E-state index in [9.17, 15) is 14.4 Å². The highest BCUT2D eigenvalue weighted by atomic mass is 16.6. The lowest BCUT2D eigenvalue weighted by atomic mass is 10.1. The Morgan fingerprint density at radius 2 is 2.09 bits per heavy atom. The molecule has 2 heterocycles. The Bertz CT molecular complexity index is 795. The van der Waals surface area contributed by atoms with Crippen LogP contribution in [0.1, 0.15) is 23.0 Å². The van der Waals surface area contributed by atoms with Gasteiger partial charge in [-0.1, -0.05) is 18.2 Å². The molecule has 1 saturated heterocycles. The highest BCUT2D eigenvalue weighted by molar-refractivity contribution is 6.00. The number of rotatable bonds is 3. The lowest BCUT2D eigenvalue weighted by Crippen LogP contribution is -2.41. The van der Waals surface area contributed by atoms with Gasteiger partial charge in [0.2, 0.25) is 5.76 Å².